The Labute approximate surface area is 125 Å². The molecular formula is C15H23NO5. The summed E-state index contributed by atoms with van der Waals surface area (Å²) in [6.07, 6.45) is 0.204. The second-order valence-electron chi connectivity index (χ2n) is 4.33. The van der Waals surface area contributed by atoms with Gasteiger partial charge >= 0.3 is 5.97 Å². The minimum atomic E-state index is -0.300. The first-order valence-corrected chi connectivity index (χ1v) is 6.77. The van der Waals surface area contributed by atoms with E-state index < -0.39 is 0 Å². The first-order chi connectivity index (χ1) is 10.2. The van der Waals surface area contributed by atoms with Crippen LogP contribution in [0.2, 0.25) is 0 Å². The van der Waals surface area contributed by atoms with E-state index in [1.807, 2.05) is 18.2 Å². The van der Waals surface area contributed by atoms with Crippen molar-refractivity contribution in [3.05, 3.63) is 23.8 Å². The normalized spacial score (nSPS) is 10.2. The number of rotatable bonds is 10. The van der Waals surface area contributed by atoms with Crippen LogP contribution in [0.1, 0.15) is 12.0 Å². The molecule has 0 amide bonds. The molecule has 21 heavy (non-hydrogen) atoms. The Morgan fingerprint density at radius 2 is 1.95 bits per heavy atom. The molecule has 0 aliphatic heterocycles. The lowest BCUT2D eigenvalue weighted by atomic mass is 10.2. The number of benzene rings is 1. The van der Waals surface area contributed by atoms with Crippen molar-refractivity contribution in [2.45, 2.75) is 13.0 Å². The Balaban J connectivity index is 2.56. The molecule has 6 nitrogen and oxygen atoms in total. The van der Waals surface area contributed by atoms with E-state index in [1.54, 1.807) is 14.2 Å². The molecule has 6 heteroatoms. The smallest absolute Gasteiger partial charge is 0.308 e. The highest BCUT2D eigenvalue weighted by Gasteiger charge is 2.07. The Morgan fingerprint density at radius 1 is 1.14 bits per heavy atom. The summed E-state index contributed by atoms with van der Waals surface area (Å²) in [5.74, 6) is 0.958. The van der Waals surface area contributed by atoms with Crippen LogP contribution in [0.25, 0.3) is 0 Å². The van der Waals surface area contributed by atoms with Crippen molar-refractivity contribution in [1.29, 1.82) is 0 Å². The second kappa shape index (κ2) is 10.0. The third-order valence-corrected chi connectivity index (χ3v) is 2.83. The SMILES string of the molecule is COCCNCc1ccc(OC)c(OCCC(=O)OC)c1. The molecule has 0 unspecified atom stereocenters. The largest absolute Gasteiger partial charge is 0.493 e. The molecule has 0 heterocycles. The van der Waals surface area contributed by atoms with Crippen LogP contribution in [0.4, 0.5) is 0 Å². The van der Waals surface area contributed by atoms with Crippen LogP contribution in [0, 0.1) is 0 Å². The summed E-state index contributed by atoms with van der Waals surface area (Å²) >= 11 is 0. The van der Waals surface area contributed by atoms with Gasteiger partial charge in [0, 0.05) is 20.2 Å². The molecule has 0 aromatic heterocycles. The Kier molecular flexibility index (Phi) is 8.23. The van der Waals surface area contributed by atoms with E-state index in [0.29, 0.717) is 24.7 Å². The van der Waals surface area contributed by atoms with E-state index in [0.717, 1.165) is 12.1 Å². The molecule has 0 aliphatic rings. The van der Waals surface area contributed by atoms with Crippen LogP contribution in [-0.2, 0) is 20.8 Å². The highest BCUT2D eigenvalue weighted by atomic mass is 16.5. The van der Waals surface area contributed by atoms with Gasteiger partial charge in [-0.3, -0.25) is 4.79 Å². The first kappa shape index (κ1) is 17.3. The third kappa shape index (κ3) is 6.46. The number of ether oxygens (including phenoxy) is 4. The third-order valence-electron chi connectivity index (χ3n) is 2.83. The van der Waals surface area contributed by atoms with E-state index >= 15 is 0 Å². The quantitative estimate of drug-likeness (QED) is 0.520. The molecule has 1 aromatic carbocycles. The lowest BCUT2D eigenvalue weighted by Crippen LogP contribution is -2.18. The predicted molar refractivity (Wildman–Crippen MR) is 78.7 cm³/mol. The molecule has 0 atom stereocenters. The molecule has 1 N–H and O–H groups in total. The van der Waals surface area contributed by atoms with Crippen molar-refractivity contribution in [2.75, 3.05) is 41.1 Å². The minimum Gasteiger partial charge on any atom is -0.493 e. The van der Waals surface area contributed by atoms with Gasteiger partial charge in [-0.15, -0.1) is 0 Å². The summed E-state index contributed by atoms with van der Waals surface area (Å²) in [6.45, 7) is 2.41. The van der Waals surface area contributed by atoms with Crippen LogP contribution in [0.5, 0.6) is 11.5 Å². The van der Waals surface area contributed by atoms with Crippen LogP contribution >= 0.6 is 0 Å². The van der Waals surface area contributed by atoms with E-state index in [-0.39, 0.29) is 19.0 Å². The Hall–Kier alpha value is -1.79. The van der Waals surface area contributed by atoms with Gasteiger partial charge in [-0.1, -0.05) is 6.07 Å². The van der Waals surface area contributed by atoms with Crippen molar-refractivity contribution >= 4 is 5.97 Å². The number of hydrogen-bond acceptors (Lipinski definition) is 6. The summed E-state index contributed by atoms with van der Waals surface area (Å²) in [4.78, 5) is 11.1. The molecule has 0 radical (unpaired) electrons. The van der Waals surface area contributed by atoms with Crippen LogP contribution in [0.3, 0.4) is 0 Å². The van der Waals surface area contributed by atoms with E-state index in [2.05, 4.69) is 10.1 Å². The zero-order valence-electron chi connectivity index (χ0n) is 12.8. The zero-order valence-corrected chi connectivity index (χ0v) is 12.8. The second-order valence-corrected chi connectivity index (χ2v) is 4.33. The molecule has 0 spiro atoms. The highest BCUT2D eigenvalue weighted by molar-refractivity contribution is 5.69. The summed E-state index contributed by atoms with van der Waals surface area (Å²) in [5, 5.41) is 3.26. The Morgan fingerprint density at radius 3 is 2.62 bits per heavy atom. The monoisotopic (exact) mass is 297 g/mol. The van der Waals surface area contributed by atoms with Gasteiger partial charge in [0.2, 0.25) is 0 Å². The molecule has 1 aromatic rings. The fraction of sp³-hybridized carbons (Fsp3) is 0.533. The van der Waals surface area contributed by atoms with Crippen LogP contribution < -0.4 is 14.8 Å². The van der Waals surface area contributed by atoms with Crippen molar-refractivity contribution in [1.82, 2.24) is 5.32 Å². The maximum absolute atomic E-state index is 11.1. The molecule has 0 aliphatic carbocycles. The standard InChI is InChI=1S/C15H23NO5/c1-18-9-7-16-11-12-4-5-13(19-2)14(10-12)21-8-6-15(17)20-3/h4-5,10,16H,6-9,11H2,1-3H3. The summed E-state index contributed by atoms with van der Waals surface area (Å²) in [6, 6.07) is 5.71. The van der Waals surface area contributed by atoms with Gasteiger partial charge in [0.1, 0.15) is 0 Å². The molecule has 1 rings (SSSR count). The number of esters is 1. The average molecular weight is 297 g/mol. The fourth-order valence-electron chi connectivity index (χ4n) is 1.70. The predicted octanol–water partition coefficient (Wildman–Crippen LogP) is 1.37. The number of methoxy groups -OCH3 is 3. The van der Waals surface area contributed by atoms with Gasteiger partial charge in [-0.2, -0.15) is 0 Å². The van der Waals surface area contributed by atoms with Crippen LogP contribution in [-0.4, -0.2) is 47.1 Å². The number of nitrogens with one attached hydrogen (secondary N) is 1. The first-order valence-electron chi connectivity index (χ1n) is 6.77. The van der Waals surface area contributed by atoms with Gasteiger partial charge in [0.15, 0.2) is 11.5 Å². The molecule has 0 bridgehead atoms. The maximum Gasteiger partial charge on any atom is 0.308 e. The highest BCUT2D eigenvalue weighted by Crippen LogP contribution is 2.28. The van der Waals surface area contributed by atoms with E-state index in [9.17, 15) is 4.79 Å². The molecule has 118 valence electrons. The van der Waals surface area contributed by atoms with Crippen molar-refractivity contribution in [3.63, 3.8) is 0 Å². The number of carbonyl (C=O) groups excluding carboxylic acids is 1. The summed E-state index contributed by atoms with van der Waals surface area (Å²) in [5.41, 5.74) is 1.07. The Bertz CT molecular complexity index is 436. The number of carbonyl (C=O) groups is 1. The lowest BCUT2D eigenvalue weighted by Gasteiger charge is -2.12. The topological polar surface area (TPSA) is 66.0 Å². The van der Waals surface area contributed by atoms with Gasteiger partial charge in [-0.05, 0) is 17.7 Å². The zero-order chi connectivity index (χ0) is 15.5. The summed E-state index contributed by atoms with van der Waals surface area (Å²) < 4.78 is 20.4. The van der Waals surface area contributed by atoms with Gasteiger partial charge in [-0.25, -0.2) is 0 Å². The molecule has 0 fully saturated rings. The van der Waals surface area contributed by atoms with Crippen LogP contribution in [0.15, 0.2) is 18.2 Å². The van der Waals surface area contributed by atoms with E-state index in [4.69, 9.17) is 14.2 Å². The van der Waals surface area contributed by atoms with Crippen molar-refractivity contribution in [2.24, 2.45) is 0 Å². The minimum absolute atomic E-state index is 0.204. The molecular weight excluding hydrogens is 274 g/mol. The van der Waals surface area contributed by atoms with Crippen molar-refractivity contribution in [3.8, 4) is 11.5 Å². The molecule has 0 saturated carbocycles. The van der Waals surface area contributed by atoms with Gasteiger partial charge in [0.05, 0.1) is 33.9 Å². The summed E-state index contributed by atoms with van der Waals surface area (Å²) in [7, 11) is 4.61. The van der Waals surface area contributed by atoms with Crippen molar-refractivity contribution < 1.29 is 23.7 Å². The van der Waals surface area contributed by atoms with E-state index in [1.165, 1.54) is 7.11 Å². The maximum atomic E-state index is 11.1. The average Bonchev–Trinajstić information content (AvgIpc) is 2.51. The van der Waals surface area contributed by atoms with Gasteiger partial charge in [0.25, 0.3) is 0 Å². The fourth-order valence-corrected chi connectivity index (χ4v) is 1.70. The molecule has 0 saturated heterocycles. The van der Waals surface area contributed by atoms with Gasteiger partial charge < -0.3 is 24.3 Å². The number of hydrogen-bond donors (Lipinski definition) is 1. The lowest BCUT2D eigenvalue weighted by molar-refractivity contribution is -0.141.